The fraction of sp³-hybridized carbons (Fsp3) is 0.643. The van der Waals surface area contributed by atoms with E-state index in [4.69, 9.17) is 0 Å². The summed E-state index contributed by atoms with van der Waals surface area (Å²) in [4.78, 5) is 6.31. The van der Waals surface area contributed by atoms with Crippen molar-refractivity contribution in [1.82, 2.24) is 14.6 Å². The van der Waals surface area contributed by atoms with E-state index in [9.17, 15) is 8.42 Å². The summed E-state index contributed by atoms with van der Waals surface area (Å²) in [6.45, 7) is 7.43. The highest BCUT2D eigenvalue weighted by Crippen LogP contribution is 2.19. The van der Waals surface area contributed by atoms with Crippen molar-refractivity contribution in [3.63, 3.8) is 0 Å². The third-order valence-electron chi connectivity index (χ3n) is 3.67. The van der Waals surface area contributed by atoms with Crippen molar-refractivity contribution in [1.29, 1.82) is 0 Å². The Labute approximate surface area is 127 Å². The van der Waals surface area contributed by atoms with Crippen molar-refractivity contribution in [2.45, 2.75) is 37.8 Å². The van der Waals surface area contributed by atoms with Gasteiger partial charge in [0, 0.05) is 25.3 Å². The molecule has 2 rings (SSSR count). The van der Waals surface area contributed by atoms with Crippen molar-refractivity contribution in [3.8, 4) is 0 Å². The fourth-order valence-electron chi connectivity index (χ4n) is 2.64. The maximum atomic E-state index is 12.6. The molecule has 1 saturated heterocycles. The minimum Gasteiger partial charge on any atom is -0.383 e. The second kappa shape index (κ2) is 7.20. The van der Waals surface area contributed by atoms with E-state index in [1.54, 1.807) is 12.1 Å². The number of hydrogen-bond acceptors (Lipinski definition) is 5. The summed E-state index contributed by atoms with van der Waals surface area (Å²) < 4.78 is 27.9. The number of aromatic nitrogens is 1. The van der Waals surface area contributed by atoms with Gasteiger partial charge in [0.2, 0.25) is 0 Å². The molecule has 118 valence electrons. The number of pyridine rings is 1. The quantitative estimate of drug-likeness (QED) is 0.827. The number of piperidine rings is 1. The largest absolute Gasteiger partial charge is 0.383 e. The van der Waals surface area contributed by atoms with Crippen LogP contribution >= 0.6 is 0 Å². The predicted molar refractivity (Wildman–Crippen MR) is 83.9 cm³/mol. The van der Waals surface area contributed by atoms with E-state index < -0.39 is 10.0 Å². The van der Waals surface area contributed by atoms with Crippen LogP contribution in [0.15, 0.2) is 23.4 Å². The maximum Gasteiger partial charge on any atom is 0.260 e. The summed E-state index contributed by atoms with van der Waals surface area (Å²) in [5.41, 5.74) is 0.552. The number of nitrogens with one attached hydrogen (secondary N) is 2. The molecule has 21 heavy (non-hydrogen) atoms. The number of likely N-dealkylation sites (N-methyl/N-ethyl adjacent to an activating group) is 1. The average Bonchev–Trinajstić information content (AvgIpc) is 2.48. The Morgan fingerprint density at radius 2 is 2.24 bits per heavy atom. The van der Waals surface area contributed by atoms with E-state index in [0.717, 1.165) is 32.5 Å². The van der Waals surface area contributed by atoms with Gasteiger partial charge in [0.05, 0.1) is 5.69 Å². The lowest BCUT2D eigenvalue weighted by Crippen LogP contribution is -2.47. The lowest BCUT2D eigenvalue weighted by molar-refractivity contribution is 0.211. The number of hydrogen-bond donors (Lipinski definition) is 2. The molecule has 2 N–H and O–H groups in total. The molecule has 6 nitrogen and oxygen atoms in total. The summed E-state index contributed by atoms with van der Waals surface area (Å²) >= 11 is 0. The van der Waals surface area contributed by atoms with E-state index in [0.29, 0.717) is 12.2 Å². The van der Waals surface area contributed by atoms with Gasteiger partial charge in [-0.3, -0.25) is 0 Å². The molecule has 1 aliphatic heterocycles. The Morgan fingerprint density at radius 1 is 1.43 bits per heavy atom. The normalized spacial score (nSPS) is 20.4. The molecular weight excluding hydrogens is 288 g/mol. The molecule has 0 amide bonds. The Hall–Kier alpha value is -1.18. The summed E-state index contributed by atoms with van der Waals surface area (Å²) in [5.74, 6) is 0. The summed E-state index contributed by atoms with van der Waals surface area (Å²) in [6, 6.07) is 3.43. The number of nitrogens with zero attached hydrogens (tertiary/aromatic N) is 2. The molecule has 1 aliphatic rings. The number of anilines is 1. The van der Waals surface area contributed by atoms with Crippen LogP contribution in [0.2, 0.25) is 0 Å². The molecule has 0 aromatic carbocycles. The Bertz CT molecular complexity index is 562. The highest BCUT2D eigenvalue weighted by Gasteiger charge is 2.27. The molecule has 0 saturated carbocycles. The molecule has 0 spiro atoms. The summed E-state index contributed by atoms with van der Waals surface area (Å²) in [6.07, 6.45) is 3.40. The summed E-state index contributed by atoms with van der Waals surface area (Å²) in [5, 5.41) is 3.13. The van der Waals surface area contributed by atoms with E-state index in [2.05, 4.69) is 26.8 Å². The zero-order valence-corrected chi connectivity index (χ0v) is 13.5. The predicted octanol–water partition coefficient (Wildman–Crippen LogP) is 1.28. The van der Waals surface area contributed by atoms with Gasteiger partial charge in [-0.05, 0) is 45.0 Å². The lowest BCUT2D eigenvalue weighted by Gasteiger charge is -2.32. The number of likely N-dealkylation sites (tertiary alicyclic amines) is 1. The molecule has 0 radical (unpaired) electrons. The van der Waals surface area contributed by atoms with Gasteiger partial charge in [-0.15, -0.1) is 0 Å². The van der Waals surface area contributed by atoms with Crippen LogP contribution in [0.1, 0.15) is 26.7 Å². The zero-order chi connectivity index (χ0) is 15.3. The van der Waals surface area contributed by atoms with E-state index in [1.165, 1.54) is 6.20 Å². The molecule has 0 bridgehead atoms. The first-order chi connectivity index (χ1) is 10.1. The van der Waals surface area contributed by atoms with Crippen molar-refractivity contribution in [3.05, 3.63) is 18.3 Å². The number of rotatable bonds is 6. The van der Waals surface area contributed by atoms with Crippen molar-refractivity contribution in [2.24, 2.45) is 0 Å². The van der Waals surface area contributed by atoms with Gasteiger partial charge >= 0.3 is 0 Å². The maximum absolute atomic E-state index is 12.6. The second-order valence-electron chi connectivity index (χ2n) is 5.24. The van der Waals surface area contributed by atoms with Gasteiger partial charge in [-0.25, -0.2) is 18.1 Å². The molecule has 1 fully saturated rings. The van der Waals surface area contributed by atoms with Crippen LogP contribution in [0.5, 0.6) is 0 Å². The van der Waals surface area contributed by atoms with Crippen LogP contribution in [0.3, 0.4) is 0 Å². The molecule has 1 atom stereocenters. The molecule has 1 unspecified atom stereocenters. The molecule has 2 heterocycles. The van der Waals surface area contributed by atoms with Gasteiger partial charge in [0.15, 0.2) is 5.03 Å². The van der Waals surface area contributed by atoms with Crippen molar-refractivity contribution in [2.75, 3.05) is 31.5 Å². The van der Waals surface area contributed by atoms with Gasteiger partial charge in [0.25, 0.3) is 10.0 Å². The van der Waals surface area contributed by atoms with Crippen LogP contribution in [0.25, 0.3) is 0 Å². The monoisotopic (exact) mass is 312 g/mol. The summed E-state index contributed by atoms with van der Waals surface area (Å²) in [7, 11) is -3.59. The highest BCUT2D eigenvalue weighted by atomic mass is 32.2. The standard InChI is InChI=1S/C14H24N4O2S/c1-3-15-13-8-5-9-16-14(13)21(19,20)17-12-7-6-10-18(4-2)11-12/h5,8-9,12,15,17H,3-4,6-7,10-11H2,1-2H3. The van der Waals surface area contributed by atoms with Crippen LogP contribution in [0, 0.1) is 0 Å². The molecular formula is C14H24N4O2S. The fourth-order valence-corrected chi connectivity index (χ4v) is 4.02. The van der Waals surface area contributed by atoms with Crippen LogP contribution in [-0.2, 0) is 10.0 Å². The SMILES string of the molecule is CCNc1cccnc1S(=O)(=O)NC1CCCN(CC)C1. The van der Waals surface area contributed by atoms with Gasteiger partial charge < -0.3 is 10.2 Å². The molecule has 1 aromatic heterocycles. The van der Waals surface area contributed by atoms with E-state index in [-0.39, 0.29) is 11.1 Å². The third kappa shape index (κ3) is 4.15. The smallest absolute Gasteiger partial charge is 0.260 e. The van der Waals surface area contributed by atoms with Crippen LogP contribution < -0.4 is 10.0 Å². The average molecular weight is 312 g/mol. The lowest BCUT2D eigenvalue weighted by atomic mass is 10.1. The van der Waals surface area contributed by atoms with Gasteiger partial charge in [0.1, 0.15) is 0 Å². The number of sulfonamides is 1. The molecule has 0 aliphatic carbocycles. The Balaban J connectivity index is 2.15. The highest BCUT2D eigenvalue weighted by molar-refractivity contribution is 7.89. The topological polar surface area (TPSA) is 74.3 Å². The van der Waals surface area contributed by atoms with Crippen LogP contribution in [0.4, 0.5) is 5.69 Å². The molecule has 7 heteroatoms. The third-order valence-corrected chi connectivity index (χ3v) is 5.15. The first-order valence-electron chi connectivity index (χ1n) is 7.50. The van der Waals surface area contributed by atoms with Crippen LogP contribution in [-0.4, -0.2) is 50.5 Å². The first-order valence-corrected chi connectivity index (χ1v) is 8.98. The Kier molecular flexibility index (Phi) is 5.55. The Morgan fingerprint density at radius 3 is 2.95 bits per heavy atom. The van der Waals surface area contributed by atoms with E-state index >= 15 is 0 Å². The minimum atomic E-state index is -3.59. The van der Waals surface area contributed by atoms with Gasteiger partial charge in [-0.1, -0.05) is 6.92 Å². The molecule has 1 aromatic rings. The first kappa shape index (κ1) is 16.2. The van der Waals surface area contributed by atoms with E-state index in [1.807, 2.05) is 6.92 Å². The van der Waals surface area contributed by atoms with Crippen molar-refractivity contribution >= 4 is 15.7 Å². The van der Waals surface area contributed by atoms with Crippen molar-refractivity contribution < 1.29 is 8.42 Å². The van der Waals surface area contributed by atoms with Gasteiger partial charge in [-0.2, -0.15) is 0 Å². The second-order valence-corrected chi connectivity index (χ2v) is 6.87. The zero-order valence-electron chi connectivity index (χ0n) is 12.7. The minimum absolute atomic E-state index is 0.0415.